The third kappa shape index (κ3) is 10.3. The lowest BCUT2D eigenvalue weighted by Gasteiger charge is -2.27. The largest absolute Gasteiger partial charge is 0.465 e. The molecule has 0 bridgehead atoms. The topological polar surface area (TPSA) is 52.6 Å². The molecule has 0 aromatic heterocycles. The summed E-state index contributed by atoms with van der Waals surface area (Å²) in [6, 6.07) is 4.80. The molecule has 6 heteroatoms. The minimum absolute atomic E-state index is 0.147. The smallest absolute Gasteiger partial charge is 0.328 e. The predicted molar refractivity (Wildman–Crippen MR) is 137 cm³/mol. The van der Waals surface area contributed by atoms with Crippen molar-refractivity contribution in [2.24, 2.45) is 5.41 Å². The van der Waals surface area contributed by atoms with Crippen molar-refractivity contribution >= 4 is 35.1 Å². The molecular formula is C27H42Cl2O4. The summed E-state index contributed by atoms with van der Waals surface area (Å²) >= 11 is 12.1. The molecule has 1 aromatic rings. The second-order valence-corrected chi connectivity index (χ2v) is 9.54. The summed E-state index contributed by atoms with van der Waals surface area (Å²) in [6.07, 6.45) is 15.5. The molecule has 0 aliphatic heterocycles. The van der Waals surface area contributed by atoms with Gasteiger partial charge in [0.1, 0.15) is 5.02 Å². The maximum Gasteiger partial charge on any atom is 0.328 e. The summed E-state index contributed by atoms with van der Waals surface area (Å²) in [5, 5.41) is 0.439. The highest BCUT2D eigenvalue weighted by molar-refractivity contribution is 6.43. The van der Waals surface area contributed by atoms with Gasteiger partial charge < -0.3 is 9.47 Å². The van der Waals surface area contributed by atoms with Crippen LogP contribution < -0.4 is 4.74 Å². The molecule has 0 saturated heterocycles. The molecule has 4 nitrogen and oxygen atoms in total. The molecule has 1 rings (SSSR count). The summed E-state index contributed by atoms with van der Waals surface area (Å²) in [6.45, 7) is 6.14. The van der Waals surface area contributed by atoms with Gasteiger partial charge in [-0.2, -0.15) is 0 Å². The fraction of sp³-hybridized carbons (Fsp3) is 0.704. The first-order chi connectivity index (χ1) is 15.9. The summed E-state index contributed by atoms with van der Waals surface area (Å²) in [5.74, 6) is -1.04. The SMILES string of the molecule is CCCCCCCCCCCCCCOC(=O)C(CC)(CC)C(=O)Oc1cccc(Cl)c1Cl. The lowest BCUT2D eigenvalue weighted by molar-refractivity contribution is -0.168. The van der Waals surface area contributed by atoms with Crippen molar-refractivity contribution in [2.45, 2.75) is 111 Å². The highest BCUT2D eigenvalue weighted by Crippen LogP contribution is 2.35. The molecule has 0 aliphatic carbocycles. The van der Waals surface area contributed by atoms with Crippen LogP contribution in [0.5, 0.6) is 5.75 Å². The van der Waals surface area contributed by atoms with Crippen LogP contribution >= 0.6 is 23.2 Å². The molecule has 0 amide bonds. The molecule has 0 atom stereocenters. The minimum atomic E-state index is -1.34. The maximum atomic E-state index is 12.9. The van der Waals surface area contributed by atoms with E-state index < -0.39 is 17.4 Å². The normalized spacial score (nSPS) is 11.4. The number of carbonyl (C=O) groups excluding carboxylic acids is 2. The number of hydrogen-bond donors (Lipinski definition) is 0. The quantitative estimate of drug-likeness (QED) is 0.0872. The highest BCUT2D eigenvalue weighted by atomic mass is 35.5. The maximum absolute atomic E-state index is 12.9. The van der Waals surface area contributed by atoms with Gasteiger partial charge in [0, 0.05) is 0 Å². The second kappa shape index (κ2) is 17.2. The van der Waals surface area contributed by atoms with Crippen LogP contribution in [-0.2, 0) is 14.3 Å². The van der Waals surface area contributed by atoms with Gasteiger partial charge in [-0.3, -0.25) is 9.59 Å². The molecular weight excluding hydrogens is 459 g/mol. The molecule has 0 heterocycles. The van der Waals surface area contributed by atoms with Gasteiger partial charge in [0.2, 0.25) is 0 Å². The Bertz CT molecular complexity index is 701. The molecule has 0 N–H and O–H groups in total. The average molecular weight is 502 g/mol. The lowest BCUT2D eigenvalue weighted by Crippen LogP contribution is -2.42. The fourth-order valence-corrected chi connectivity index (χ4v) is 4.25. The Kier molecular flexibility index (Phi) is 15.5. The lowest BCUT2D eigenvalue weighted by atomic mass is 9.82. The van der Waals surface area contributed by atoms with Crippen LogP contribution in [0.4, 0.5) is 0 Å². The molecule has 0 saturated carbocycles. The summed E-state index contributed by atoms with van der Waals surface area (Å²) in [4.78, 5) is 25.7. The Morgan fingerprint density at radius 1 is 0.758 bits per heavy atom. The fourth-order valence-electron chi connectivity index (χ4n) is 3.92. The van der Waals surface area contributed by atoms with E-state index in [1.807, 2.05) is 0 Å². The van der Waals surface area contributed by atoms with Crippen molar-refractivity contribution in [3.05, 3.63) is 28.2 Å². The molecule has 188 valence electrons. The van der Waals surface area contributed by atoms with E-state index in [2.05, 4.69) is 6.92 Å². The number of unbranched alkanes of at least 4 members (excludes halogenated alkanes) is 11. The molecule has 1 aromatic carbocycles. The standard InChI is InChI=1S/C27H42Cl2O4/c1-4-7-8-9-10-11-12-13-14-15-16-17-21-32-25(30)27(5-2,6-3)26(31)33-23-20-18-19-22(28)24(23)29/h18-20H,4-17,21H2,1-3H3. The van der Waals surface area contributed by atoms with Crippen LogP contribution in [0.15, 0.2) is 18.2 Å². The third-order valence-corrected chi connectivity index (χ3v) is 7.14. The van der Waals surface area contributed by atoms with E-state index in [4.69, 9.17) is 32.7 Å². The number of halogens is 2. The molecule has 0 aliphatic rings. The summed E-state index contributed by atoms with van der Waals surface area (Å²) in [5.41, 5.74) is -1.34. The zero-order valence-electron chi connectivity index (χ0n) is 20.7. The van der Waals surface area contributed by atoms with Gasteiger partial charge in [0.05, 0.1) is 11.6 Å². The van der Waals surface area contributed by atoms with Crippen LogP contribution in [0.1, 0.15) is 111 Å². The van der Waals surface area contributed by atoms with Crippen LogP contribution in [-0.4, -0.2) is 18.5 Å². The zero-order chi connectivity index (χ0) is 24.5. The average Bonchev–Trinajstić information content (AvgIpc) is 2.81. The summed E-state index contributed by atoms with van der Waals surface area (Å²) in [7, 11) is 0. The van der Waals surface area contributed by atoms with Crippen molar-refractivity contribution in [2.75, 3.05) is 6.61 Å². The first-order valence-electron chi connectivity index (χ1n) is 12.8. The Morgan fingerprint density at radius 2 is 1.27 bits per heavy atom. The Balaban J connectivity index is 2.33. The van der Waals surface area contributed by atoms with E-state index in [9.17, 15) is 9.59 Å². The van der Waals surface area contributed by atoms with Crippen LogP contribution in [0.2, 0.25) is 10.0 Å². The third-order valence-electron chi connectivity index (χ3n) is 6.34. The zero-order valence-corrected chi connectivity index (χ0v) is 22.2. The number of carbonyl (C=O) groups is 2. The first-order valence-corrected chi connectivity index (χ1v) is 13.5. The molecule has 0 fully saturated rings. The van der Waals surface area contributed by atoms with E-state index in [1.54, 1.807) is 32.0 Å². The van der Waals surface area contributed by atoms with E-state index in [0.717, 1.165) is 19.3 Å². The molecule has 0 radical (unpaired) electrons. The predicted octanol–water partition coefficient (Wildman–Crippen LogP) is 8.95. The number of benzene rings is 1. The van der Waals surface area contributed by atoms with Gasteiger partial charge in [0.15, 0.2) is 11.2 Å². The number of hydrogen-bond acceptors (Lipinski definition) is 4. The first kappa shape index (κ1) is 29.8. The van der Waals surface area contributed by atoms with Gasteiger partial charge in [-0.15, -0.1) is 0 Å². The molecule has 0 spiro atoms. The van der Waals surface area contributed by atoms with Crippen molar-refractivity contribution in [3.63, 3.8) is 0 Å². The monoisotopic (exact) mass is 500 g/mol. The molecule has 33 heavy (non-hydrogen) atoms. The Morgan fingerprint density at radius 3 is 1.79 bits per heavy atom. The van der Waals surface area contributed by atoms with Gasteiger partial charge in [-0.05, 0) is 31.4 Å². The van der Waals surface area contributed by atoms with Gasteiger partial charge in [-0.1, -0.05) is 121 Å². The van der Waals surface area contributed by atoms with Crippen LogP contribution in [0.25, 0.3) is 0 Å². The number of esters is 2. The van der Waals surface area contributed by atoms with Gasteiger partial charge in [-0.25, -0.2) is 0 Å². The molecule has 0 unspecified atom stereocenters. The van der Waals surface area contributed by atoms with E-state index in [-0.39, 0.29) is 28.6 Å². The number of ether oxygens (including phenoxy) is 2. The van der Waals surface area contributed by atoms with Gasteiger partial charge in [0.25, 0.3) is 0 Å². The Hall–Kier alpha value is -1.26. The second-order valence-electron chi connectivity index (χ2n) is 8.76. The van der Waals surface area contributed by atoms with Crippen molar-refractivity contribution in [1.82, 2.24) is 0 Å². The van der Waals surface area contributed by atoms with E-state index in [1.165, 1.54) is 57.8 Å². The minimum Gasteiger partial charge on any atom is -0.465 e. The van der Waals surface area contributed by atoms with Crippen LogP contribution in [0.3, 0.4) is 0 Å². The van der Waals surface area contributed by atoms with Crippen molar-refractivity contribution < 1.29 is 19.1 Å². The van der Waals surface area contributed by atoms with Crippen molar-refractivity contribution in [1.29, 1.82) is 0 Å². The van der Waals surface area contributed by atoms with Crippen molar-refractivity contribution in [3.8, 4) is 5.75 Å². The van der Waals surface area contributed by atoms with Crippen LogP contribution in [0, 0.1) is 5.41 Å². The van der Waals surface area contributed by atoms with E-state index in [0.29, 0.717) is 6.61 Å². The Labute approximate surface area is 210 Å². The number of rotatable bonds is 18. The van der Waals surface area contributed by atoms with E-state index >= 15 is 0 Å². The summed E-state index contributed by atoms with van der Waals surface area (Å²) < 4.78 is 11.0. The highest BCUT2D eigenvalue weighted by Gasteiger charge is 2.46. The van der Waals surface area contributed by atoms with Gasteiger partial charge >= 0.3 is 11.9 Å².